The zero-order chi connectivity index (χ0) is 16.2. The largest absolute Gasteiger partial charge is 0.352 e. The van der Waals surface area contributed by atoms with E-state index in [9.17, 15) is 4.79 Å². The van der Waals surface area contributed by atoms with Gasteiger partial charge in [-0.1, -0.05) is 29.3 Å². The van der Waals surface area contributed by atoms with Crippen LogP contribution in [0.25, 0.3) is 0 Å². The molecule has 0 radical (unpaired) electrons. The van der Waals surface area contributed by atoms with Gasteiger partial charge < -0.3 is 5.32 Å². The number of hydrogen-bond acceptors (Lipinski definition) is 4. The summed E-state index contributed by atoms with van der Waals surface area (Å²) in [5, 5.41) is 5.12. The zero-order valence-electron chi connectivity index (χ0n) is 12.6. The van der Waals surface area contributed by atoms with Gasteiger partial charge in [-0.2, -0.15) is 0 Å². The first-order valence-electron chi connectivity index (χ1n) is 7.59. The van der Waals surface area contributed by atoms with Crippen LogP contribution in [0.1, 0.15) is 28.1 Å². The molecule has 3 nitrogen and oxygen atoms in total. The number of rotatable bonds is 5. The van der Waals surface area contributed by atoms with Crippen LogP contribution in [0.4, 0.5) is 0 Å². The van der Waals surface area contributed by atoms with Gasteiger partial charge in [-0.05, 0) is 42.8 Å². The summed E-state index contributed by atoms with van der Waals surface area (Å²) < 4.78 is 0.996. The highest BCUT2D eigenvalue weighted by atomic mass is 35.5. The lowest BCUT2D eigenvalue weighted by Gasteiger charge is -2.32. The quantitative estimate of drug-likeness (QED) is 0.800. The van der Waals surface area contributed by atoms with E-state index >= 15 is 0 Å². The summed E-state index contributed by atoms with van der Waals surface area (Å²) >= 11 is 14.9. The van der Waals surface area contributed by atoms with Crippen molar-refractivity contribution in [2.24, 2.45) is 5.92 Å². The van der Waals surface area contributed by atoms with Gasteiger partial charge in [0.2, 0.25) is 0 Å². The molecule has 3 heterocycles. The fourth-order valence-corrected chi connectivity index (χ4v) is 5.12. The highest BCUT2D eigenvalue weighted by molar-refractivity contribution is 7.20. The Morgan fingerprint density at radius 1 is 1.43 bits per heavy atom. The molecule has 1 N–H and O–H groups in total. The minimum absolute atomic E-state index is 0.131. The lowest BCUT2D eigenvalue weighted by atomic mass is 9.98. The van der Waals surface area contributed by atoms with Crippen molar-refractivity contribution in [2.45, 2.75) is 19.4 Å². The maximum atomic E-state index is 12.2. The third-order valence-electron chi connectivity index (χ3n) is 4.02. The number of carbonyl (C=O) groups excluding carboxylic acids is 1. The van der Waals surface area contributed by atoms with E-state index in [1.807, 2.05) is 0 Å². The molecule has 3 rings (SSSR count). The monoisotopic (exact) mass is 388 g/mol. The lowest BCUT2D eigenvalue weighted by molar-refractivity contribution is 0.0931. The Labute approximate surface area is 154 Å². The second-order valence-corrected chi connectivity index (χ2v) is 9.09. The molecule has 1 atom stereocenters. The molecule has 2 aromatic rings. The molecule has 0 aliphatic carbocycles. The smallest absolute Gasteiger partial charge is 0.253 e. The van der Waals surface area contributed by atoms with E-state index in [1.165, 1.54) is 22.6 Å². The van der Waals surface area contributed by atoms with Gasteiger partial charge in [-0.3, -0.25) is 9.69 Å². The molecule has 1 amide bonds. The van der Waals surface area contributed by atoms with Crippen molar-refractivity contribution in [3.05, 3.63) is 42.7 Å². The Bertz CT molecular complexity index is 657. The Morgan fingerprint density at radius 3 is 3.00 bits per heavy atom. The molecule has 0 aromatic carbocycles. The fourth-order valence-electron chi connectivity index (χ4n) is 2.91. The van der Waals surface area contributed by atoms with Crippen LogP contribution in [-0.2, 0) is 6.54 Å². The van der Waals surface area contributed by atoms with Crippen LogP contribution in [0.15, 0.2) is 23.6 Å². The Morgan fingerprint density at radius 2 is 2.30 bits per heavy atom. The van der Waals surface area contributed by atoms with E-state index in [4.69, 9.17) is 23.2 Å². The topological polar surface area (TPSA) is 32.3 Å². The van der Waals surface area contributed by atoms with Crippen LogP contribution in [-0.4, -0.2) is 30.4 Å². The maximum Gasteiger partial charge on any atom is 0.253 e. The van der Waals surface area contributed by atoms with Gasteiger partial charge in [0.1, 0.15) is 4.34 Å². The van der Waals surface area contributed by atoms with Crippen molar-refractivity contribution in [1.82, 2.24) is 10.2 Å². The summed E-state index contributed by atoms with van der Waals surface area (Å²) in [5.41, 5.74) is 0.480. The number of likely N-dealkylation sites (tertiary alicyclic amines) is 1. The van der Waals surface area contributed by atoms with E-state index in [1.54, 1.807) is 17.4 Å². The molecular formula is C16H18Cl2N2OS2. The number of nitrogens with one attached hydrogen (secondary N) is 1. The third-order valence-corrected chi connectivity index (χ3v) is 6.36. The van der Waals surface area contributed by atoms with E-state index < -0.39 is 0 Å². The van der Waals surface area contributed by atoms with Gasteiger partial charge in [-0.15, -0.1) is 22.7 Å². The minimum atomic E-state index is -0.131. The van der Waals surface area contributed by atoms with Gasteiger partial charge in [0.05, 0.1) is 9.90 Å². The van der Waals surface area contributed by atoms with Gasteiger partial charge in [0.25, 0.3) is 5.91 Å². The van der Waals surface area contributed by atoms with Crippen molar-refractivity contribution in [3.63, 3.8) is 0 Å². The van der Waals surface area contributed by atoms with Gasteiger partial charge in [0.15, 0.2) is 0 Å². The van der Waals surface area contributed by atoms with E-state index in [0.29, 0.717) is 26.7 Å². The van der Waals surface area contributed by atoms with Crippen LogP contribution < -0.4 is 5.32 Å². The average Bonchev–Trinajstić information content (AvgIpc) is 3.14. The fraction of sp³-hybridized carbons (Fsp3) is 0.438. The van der Waals surface area contributed by atoms with Crippen LogP contribution >= 0.6 is 45.9 Å². The number of piperidine rings is 1. The van der Waals surface area contributed by atoms with Crippen LogP contribution in [0.5, 0.6) is 0 Å². The van der Waals surface area contributed by atoms with Crippen molar-refractivity contribution < 1.29 is 4.79 Å². The van der Waals surface area contributed by atoms with E-state index in [2.05, 4.69) is 27.7 Å². The van der Waals surface area contributed by atoms with Crippen LogP contribution in [0.2, 0.25) is 8.67 Å². The van der Waals surface area contributed by atoms with Crippen molar-refractivity contribution >= 4 is 51.8 Å². The molecule has 1 aliphatic heterocycles. The molecular weight excluding hydrogens is 371 g/mol. The third kappa shape index (κ3) is 4.70. The predicted octanol–water partition coefficient (Wildman–Crippen LogP) is 4.76. The molecule has 0 spiro atoms. The number of amides is 1. The van der Waals surface area contributed by atoms with Gasteiger partial charge in [-0.25, -0.2) is 0 Å². The summed E-state index contributed by atoms with van der Waals surface area (Å²) in [6, 6.07) is 5.91. The minimum Gasteiger partial charge on any atom is -0.352 e. The lowest BCUT2D eigenvalue weighted by Crippen LogP contribution is -2.40. The first-order valence-corrected chi connectivity index (χ1v) is 10.0. The van der Waals surface area contributed by atoms with Crippen LogP contribution in [0, 0.1) is 5.92 Å². The van der Waals surface area contributed by atoms with Gasteiger partial charge in [0, 0.05) is 24.5 Å². The molecule has 124 valence electrons. The summed E-state index contributed by atoms with van der Waals surface area (Å²) in [6.45, 7) is 3.85. The summed E-state index contributed by atoms with van der Waals surface area (Å²) in [6.07, 6.45) is 2.33. The standard InChI is InChI=1S/C16H18Cl2N2OS2/c17-14-7-13(15(18)23-14)16(21)19-8-11-3-1-5-20(9-11)10-12-4-2-6-22-12/h2,4,6-7,11H,1,3,5,8-10H2,(H,19,21). The van der Waals surface area contributed by atoms with Gasteiger partial charge >= 0.3 is 0 Å². The first kappa shape index (κ1) is 17.2. The Balaban J connectivity index is 1.50. The molecule has 7 heteroatoms. The molecule has 1 aliphatic rings. The second-order valence-electron chi connectivity index (χ2n) is 5.77. The molecule has 0 saturated carbocycles. The normalized spacial score (nSPS) is 19.0. The second kappa shape index (κ2) is 7.99. The number of halogens is 2. The number of thiophene rings is 2. The SMILES string of the molecule is O=C(NCC1CCCN(Cc2cccs2)C1)c1cc(Cl)sc1Cl. The Kier molecular flexibility index (Phi) is 5.99. The number of carbonyl (C=O) groups is 1. The van der Waals surface area contributed by atoms with Crippen LogP contribution in [0.3, 0.4) is 0 Å². The summed E-state index contributed by atoms with van der Waals surface area (Å²) in [5.74, 6) is 0.356. The highest BCUT2D eigenvalue weighted by Gasteiger charge is 2.22. The van der Waals surface area contributed by atoms with Crippen molar-refractivity contribution in [1.29, 1.82) is 0 Å². The molecule has 1 unspecified atom stereocenters. The predicted molar refractivity (Wildman–Crippen MR) is 99.0 cm³/mol. The Hall–Kier alpha value is -0.590. The summed E-state index contributed by atoms with van der Waals surface area (Å²) in [7, 11) is 0. The first-order chi connectivity index (χ1) is 11.1. The molecule has 1 saturated heterocycles. The van der Waals surface area contributed by atoms with E-state index in [-0.39, 0.29) is 5.91 Å². The molecule has 2 aromatic heterocycles. The molecule has 1 fully saturated rings. The van der Waals surface area contributed by atoms with E-state index in [0.717, 1.165) is 26.1 Å². The molecule has 23 heavy (non-hydrogen) atoms. The molecule has 0 bridgehead atoms. The maximum absolute atomic E-state index is 12.2. The zero-order valence-corrected chi connectivity index (χ0v) is 15.7. The number of nitrogens with zero attached hydrogens (tertiary/aromatic N) is 1. The average molecular weight is 389 g/mol. The highest BCUT2D eigenvalue weighted by Crippen LogP contribution is 2.31. The van der Waals surface area contributed by atoms with Crippen molar-refractivity contribution in [3.8, 4) is 0 Å². The summed E-state index contributed by atoms with van der Waals surface area (Å²) in [4.78, 5) is 16.1. The van der Waals surface area contributed by atoms with Crippen molar-refractivity contribution in [2.75, 3.05) is 19.6 Å². The number of hydrogen-bond donors (Lipinski definition) is 1.